The van der Waals surface area contributed by atoms with Crippen molar-refractivity contribution in [2.75, 3.05) is 26.2 Å². The number of fused-ring (bicyclic) bond motifs is 1. The van der Waals surface area contributed by atoms with Crippen molar-refractivity contribution >= 4 is 22.9 Å². The largest absolute Gasteiger partial charge is 0.339 e. The summed E-state index contributed by atoms with van der Waals surface area (Å²) >= 11 is 0. The molecule has 2 aromatic heterocycles. The fourth-order valence-corrected chi connectivity index (χ4v) is 3.29. The molecule has 0 atom stereocenters. The molecule has 7 heteroatoms. The zero-order chi connectivity index (χ0) is 18.8. The molecule has 0 unspecified atom stereocenters. The lowest BCUT2D eigenvalue weighted by Crippen LogP contribution is -2.51. The SMILES string of the molecule is Cc1noc2ncc(C(=O)N3CCN(C(=O)Cc4ccccc4)CC3)cc12. The van der Waals surface area contributed by atoms with Crippen molar-refractivity contribution in [2.24, 2.45) is 0 Å². The molecule has 3 heterocycles. The van der Waals surface area contributed by atoms with Crippen LogP contribution in [0.25, 0.3) is 11.1 Å². The molecule has 2 amide bonds. The molecule has 1 aliphatic rings. The first-order chi connectivity index (χ1) is 13.1. The van der Waals surface area contributed by atoms with Gasteiger partial charge in [-0.05, 0) is 18.6 Å². The van der Waals surface area contributed by atoms with E-state index in [2.05, 4.69) is 10.1 Å². The summed E-state index contributed by atoms with van der Waals surface area (Å²) in [5.74, 6) is 0.0108. The van der Waals surface area contributed by atoms with E-state index in [1.54, 1.807) is 11.0 Å². The van der Waals surface area contributed by atoms with Gasteiger partial charge in [-0.3, -0.25) is 9.59 Å². The second-order valence-corrected chi connectivity index (χ2v) is 6.68. The number of rotatable bonds is 3. The van der Waals surface area contributed by atoms with Crippen LogP contribution in [0.5, 0.6) is 0 Å². The third-order valence-electron chi connectivity index (χ3n) is 4.87. The number of carbonyl (C=O) groups excluding carboxylic acids is 2. The van der Waals surface area contributed by atoms with E-state index in [4.69, 9.17) is 4.52 Å². The van der Waals surface area contributed by atoms with Gasteiger partial charge >= 0.3 is 0 Å². The molecular formula is C20H20N4O3. The number of aromatic nitrogens is 2. The summed E-state index contributed by atoms with van der Waals surface area (Å²) in [7, 11) is 0. The minimum absolute atomic E-state index is 0.0832. The van der Waals surface area contributed by atoms with Crippen molar-refractivity contribution in [3.05, 3.63) is 59.4 Å². The summed E-state index contributed by atoms with van der Waals surface area (Å²) in [5, 5.41) is 4.61. The highest BCUT2D eigenvalue weighted by atomic mass is 16.5. The zero-order valence-electron chi connectivity index (χ0n) is 15.1. The Morgan fingerprint density at radius 1 is 1.07 bits per heavy atom. The van der Waals surface area contributed by atoms with Gasteiger partial charge in [0.05, 0.1) is 23.1 Å². The number of pyridine rings is 1. The smallest absolute Gasteiger partial charge is 0.257 e. The normalized spacial score (nSPS) is 14.6. The zero-order valence-corrected chi connectivity index (χ0v) is 15.1. The first kappa shape index (κ1) is 17.2. The molecule has 0 saturated carbocycles. The molecule has 138 valence electrons. The van der Waals surface area contributed by atoms with E-state index in [9.17, 15) is 9.59 Å². The van der Waals surface area contributed by atoms with Crippen molar-refractivity contribution in [3.8, 4) is 0 Å². The number of nitrogens with zero attached hydrogens (tertiary/aromatic N) is 4. The second-order valence-electron chi connectivity index (χ2n) is 6.68. The molecule has 1 saturated heterocycles. The van der Waals surface area contributed by atoms with Crippen LogP contribution in [0.4, 0.5) is 0 Å². The van der Waals surface area contributed by atoms with E-state index < -0.39 is 0 Å². The average molecular weight is 364 g/mol. The summed E-state index contributed by atoms with van der Waals surface area (Å²) in [6.45, 7) is 3.93. The summed E-state index contributed by atoms with van der Waals surface area (Å²) < 4.78 is 5.09. The molecule has 1 aliphatic heterocycles. The van der Waals surface area contributed by atoms with Gasteiger partial charge in [0.25, 0.3) is 11.6 Å². The second kappa shape index (κ2) is 7.19. The lowest BCUT2D eigenvalue weighted by Gasteiger charge is -2.34. The van der Waals surface area contributed by atoms with Crippen LogP contribution in [-0.2, 0) is 11.2 Å². The molecule has 4 rings (SSSR count). The van der Waals surface area contributed by atoms with Crippen molar-refractivity contribution in [1.82, 2.24) is 19.9 Å². The Balaban J connectivity index is 1.38. The van der Waals surface area contributed by atoms with E-state index in [1.807, 2.05) is 42.2 Å². The molecule has 0 bridgehead atoms. The van der Waals surface area contributed by atoms with Crippen LogP contribution in [0.2, 0.25) is 0 Å². The lowest BCUT2D eigenvalue weighted by molar-refractivity contribution is -0.131. The predicted octanol–water partition coefficient (Wildman–Crippen LogP) is 2.06. The molecular weight excluding hydrogens is 344 g/mol. The molecule has 0 N–H and O–H groups in total. The van der Waals surface area contributed by atoms with Gasteiger partial charge in [0, 0.05) is 32.4 Å². The van der Waals surface area contributed by atoms with Gasteiger partial charge in [-0.2, -0.15) is 0 Å². The van der Waals surface area contributed by atoms with E-state index in [1.165, 1.54) is 6.20 Å². The fraction of sp³-hybridized carbons (Fsp3) is 0.300. The standard InChI is InChI=1S/C20H20N4O3/c1-14-17-12-16(13-21-19(17)27-22-14)20(26)24-9-7-23(8-10-24)18(25)11-15-5-3-2-4-6-15/h2-6,12-13H,7-11H2,1H3. The minimum Gasteiger partial charge on any atom is -0.339 e. The Labute approximate surface area is 156 Å². The topological polar surface area (TPSA) is 79.5 Å². The van der Waals surface area contributed by atoms with Gasteiger partial charge in [-0.15, -0.1) is 0 Å². The van der Waals surface area contributed by atoms with Crippen molar-refractivity contribution < 1.29 is 14.1 Å². The number of carbonyl (C=O) groups is 2. The third-order valence-corrected chi connectivity index (χ3v) is 4.87. The first-order valence-corrected chi connectivity index (χ1v) is 8.95. The monoisotopic (exact) mass is 364 g/mol. The Bertz CT molecular complexity index is 975. The van der Waals surface area contributed by atoms with Crippen LogP contribution in [0.15, 0.2) is 47.1 Å². The van der Waals surface area contributed by atoms with E-state index in [0.29, 0.717) is 49.6 Å². The minimum atomic E-state index is -0.0832. The van der Waals surface area contributed by atoms with Crippen LogP contribution >= 0.6 is 0 Å². The highest BCUT2D eigenvalue weighted by Gasteiger charge is 2.25. The Kier molecular flexibility index (Phi) is 4.58. The van der Waals surface area contributed by atoms with Gasteiger partial charge in [0.15, 0.2) is 0 Å². The Hall–Kier alpha value is -3.22. The molecule has 1 fully saturated rings. The summed E-state index contributed by atoms with van der Waals surface area (Å²) in [6.07, 6.45) is 1.91. The van der Waals surface area contributed by atoms with Gasteiger partial charge < -0.3 is 14.3 Å². The van der Waals surface area contributed by atoms with Gasteiger partial charge in [-0.25, -0.2) is 4.98 Å². The number of amides is 2. The van der Waals surface area contributed by atoms with E-state index >= 15 is 0 Å². The van der Waals surface area contributed by atoms with Crippen LogP contribution in [0.1, 0.15) is 21.6 Å². The molecule has 27 heavy (non-hydrogen) atoms. The van der Waals surface area contributed by atoms with Crippen molar-refractivity contribution in [1.29, 1.82) is 0 Å². The van der Waals surface area contributed by atoms with Gasteiger partial charge in [-0.1, -0.05) is 35.5 Å². The molecule has 0 spiro atoms. The number of aryl methyl sites for hydroxylation is 1. The quantitative estimate of drug-likeness (QED) is 0.711. The molecule has 1 aromatic carbocycles. The van der Waals surface area contributed by atoms with Crippen LogP contribution in [0, 0.1) is 6.92 Å². The number of benzene rings is 1. The highest BCUT2D eigenvalue weighted by Crippen LogP contribution is 2.18. The summed E-state index contributed by atoms with van der Waals surface area (Å²) in [4.78, 5) is 33.0. The molecule has 7 nitrogen and oxygen atoms in total. The Morgan fingerprint density at radius 2 is 1.78 bits per heavy atom. The molecule has 0 radical (unpaired) electrons. The molecule has 3 aromatic rings. The van der Waals surface area contributed by atoms with E-state index in [-0.39, 0.29) is 11.8 Å². The number of hydrogen-bond acceptors (Lipinski definition) is 5. The fourth-order valence-electron chi connectivity index (χ4n) is 3.29. The Morgan fingerprint density at radius 3 is 2.52 bits per heavy atom. The van der Waals surface area contributed by atoms with E-state index in [0.717, 1.165) is 10.9 Å². The van der Waals surface area contributed by atoms with Gasteiger partial charge in [0.2, 0.25) is 5.91 Å². The third kappa shape index (κ3) is 3.53. The maximum Gasteiger partial charge on any atom is 0.257 e. The predicted molar refractivity (Wildman–Crippen MR) is 99.2 cm³/mol. The van der Waals surface area contributed by atoms with Crippen LogP contribution in [0.3, 0.4) is 0 Å². The summed E-state index contributed by atoms with van der Waals surface area (Å²) in [6, 6.07) is 11.5. The van der Waals surface area contributed by atoms with Crippen LogP contribution in [-0.4, -0.2) is 57.9 Å². The van der Waals surface area contributed by atoms with Crippen LogP contribution < -0.4 is 0 Å². The van der Waals surface area contributed by atoms with Gasteiger partial charge in [0.1, 0.15) is 0 Å². The highest BCUT2D eigenvalue weighted by molar-refractivity contribution is 5.97. The summed E-state index contributed by atoms with van der Waals surface area (Å²) in [5.41, 5.74) is 2.66. The number of hydrogen-bond donors (Lipinski definition) is 0. The van der Waals surface area contributed by atoms with Crippen molar-refractivity contribution in [3.63, 3.8) is 0 Å². The lowest BCUT2D eigenvalue weighted by atomic mass is 10.1. The van der Waals surface area contributed by atoms with Crippen molar-refractivity contribution in [2.45, 2.75) is 13.3 Å². The molecule has 0 aliphatic carbocycles. The average Bonchev–Trinajstić information content (AvgIpc) is 3.08. The first-order valence-electron chi connectivity index (χ1n) is 8.95. The maximum absolute atomic E-state index is 12.8. The number of piperazine rings is 1. The maximum atomic E-state index is 12.8.